The standard InChI is InChI=1S/C39H50ClN5O9/c1-6-51-38(48)33(22-46)41-19-28-17-32(40)37(18-36(28)50-5)54-24-27-11-8-12-30(25(27)3)31-13-9-14-35(26(31)4)53-16-10-15-45-21-29(43-44-45)20-42-34(23-47)39(49)52-7-2/h8-9,11-14,17-18,21,33-34,41-42,46-47H,6-7,10,15-16,19-20,22-24H2,1-5H3. The summed E-state index contributed by atoms with van der Waals surface area (Å²) in [6, 6.07) is 13.8. The number of nitrogens with one attached hydrogen (secondary N) is 2. The molecule has 54 heavy (non-hydrogen) atoms. The summed E-state index contributed by atoms with van der Waals surface area (Å²) >= 11 is 6.63. The van der Waals surface area contributed by atoms with Crippen LogP contribution in [-0.2, 0) is 45.3 Å². The minimum atomic E-state index is -0.876. The number of aryl methyl sites for hydroxylation is 1. The van der Waals surface area contributed by atoms with Crippen LogP contribution < -0.4 is 24.8 Å². The lowest BCUT2D eigenvalue weighted by atomic mass is 9.93. The lowest BCUT2D eigenvalue weighted by molar-refractivity contribution is -0.147. The fourth-order valence-corrected chi connectivity index (χ4v) is 5.93. The van der Waals surface area contributed by atoms with E-state index >= 15 is 0 Å². The third kappa shape index (κ3) is 11.4. The van der Waals surface area contributed by atoms with Gasteiger partial charge in [0.1, 0.15) is 35.9 Å². The van der Waals surface area contributed by atoms with E-state index in [9.17, 15) is 19.8 Å². The van der Waals surface area contributed by atoms with Crippen LogP contribution in [0.3, 0.4) is 0 Å². The first-order valence-electron chi connectivity index (χ1n) is 17.8. The summed E-state index contributed by atoms with van der Waals surface area (Å²) in [6.07, 6.45) is 2.48. The molecule has 0 fully saturated rings. The van der Waals surface area contributed by atoms with Crippen LogP contribution in [0.4, 0.5) is 0 Å². The Labute approximate surface area is 320 Å². The van der Waals surface area contributed by atoms with E-state index in [1.165, 1.54) is 7.11 Å². The van der Waals surface area contributed by atoms with E-state index in [-0.39, 0.29) is 39.5 Å². The minimum absolute atomic E-state index is 0.213. The fourth-order valence-electron chi connectivity index (χ4n) is 5.69. The molecule has 0 spiro atoms. The number of aliphatic hydroxyl groups is 2. The fraction of sp³-hybridized carbons (Fsp3) is 0.436. The van der Waals surface area contributed by atoms with E-state index in [4.69, 9.17) is 35.3 Å². The third-order valence-electron chi connectivity index (χ3n) is 8.69. The molecule has 14 nitrogen and oxygen atoms in total. The third-order valence-corrected chi connectivity index (χ3v) is 8.98. The van der Waals surface area contributed by atoms with Crippen LogP contribution in [0.15, 0.2) is 54.7 Å². The number of methoxy groups -OCH3 is 1. The van der Waals surface area contributed by atoms with Crippen LogP contribution in [0.25, 0.3) is 11.1 Å². The van der Waals surface area contributed by atoms with Gasteiger partial charge in [-0.25, -0.2) is 0 Å². The number of aromatic nitrogens is 3. The maximum Gasteiger partial charge on any atom is 0.325 e. The molecule has 0 amide bonds. The van der Waals surface area contributed by atoms with E-state index in [0.717, 1.165) is 33.6 Å². The molecule has 0 saturated carbocycles. The SMILES string of the molecule is CCOC(=O)C(CO)NCc1cn(CCCOc2cccc(-c3cccc(COc4cc(OC)c(CNC(CO)C(=O)OCC)cc4Cl)c3C)c2C)nn1. The molecule has 1 heterocycles. The molecule has 0 aliphatic carbocycles. The molecule has 0 radical (unpaired) electrons. The number of carbonyl (C=O) groups excluding carboxylic acids is 2. The topological polar surface area (TPSA) is 176 Å². The number of rotatable bonds is 22. The van der Waals surface area contributed by atoms with Crippen molar-refractivity contribution in [2.24, 2.45) is 0 Å². The van der Waals surface area contributed by atoms with Crippen molar-refractivity contribution in [3.05, 3.63) is 87.7 Å². The summed E-state index contributed by atoms with van der Waals surface area (Å²) in [6.45, 7) is 8.98. The lowest BCUT2D eigenvalue weighted by Gasteiger charge is -2.18. The molecule has 3 aromatic carbocycles. The zero-order valence-electron chi connectivity index (χ0n) is 31.4. The van der Waals surface area contributed by atoms with Gasteiger partial charge >= 0.3 is 11.9 Å². The number of hydrogen-bond acceptors (Lipinski definition) is 13. The summed E-state index contributed by atoms with van der Waals surface area (Å²) in [4.78, 5) is 24.0. The van der Waals surface area contributed by atoms with Crippen molar-refractivity contribution in [2.45, 2.75) is 72.4 Å². The van der Waals surface area contributed by atoms with E-state index in [1.807, 2.05) is 31.2 Å². The molecule has 4 rings (SSSR count). The first kappa shape index (κ1) is 42.0. The molecule has 2 atom stereocenters. The number of ether oxygens (including phenoxy) is 5. The van der Waals surface area contributed by atoms with Gasteiger partial charge in [0.2, 0.25) is 0 Å². The van der Waals surface area contributed by atoms with Crippen molar-refractivity contribution in [3.63, 3.8) is 0 Å². The van der Waals surface area contributed by atoms with Crippen LogP contribution in [0.2, 0.25) is 5.02 Å². The molecule has 0 saturated heterocycles. The number of esters is 2. The molecular weight excluding hydrogens is 718 g/mol. The summed E-state index contributed by atoms with van der Waals surface area (Å²) in [5, 5.41) is 33.7. The van der Waals surface area contributed by atoms with Gasteiger partial charge in [-0.1, -0.05) is 47.1 Å². The van der Waals surface area contributed by atoms with E-state index in [2.05, 4.69) is 40.0 Å². The summed E-state index contributed by atoms with van der Waals surface area (Å²) < 4.78 is 29.7. The highest BCUT2D eigenvalue weighted by Crippen LogP contribution is 2.36. The molecule has 0 aliphatic rings. The maximum absolute atomic E-state index is 12.1. The Morgan fingerprint density at radius 1 is 0.833 bits per heavy atom. The van der Waals surface area contributed by atoms with Crippen LogP contribution in [0, 0.1) is 13.8 Å². The van der Waals surface area contributed by atoms with Gasteiger partial charge in [-0.3, -0.25) is 24.9 Å². The Morgan fingerprint density at radius 2 is 1.48 bits per heavy atom. The second kappa shape index (κ2) is 21.2. The number of aliphatic hydroxyl groups excluding tert-OH is 2. The van der Waals surface area contributed by atoms with E-state index in [0.29, 0.717) is 47.4 Å². The monoisotopic (exact) mass is 767 g/mol. The van der Waals surface area contributed by atoms with Crippen LogP contribution in [0.5, 0.6) is 17.2 Å². The first-order chi connectivity index (χ1) is 26.1. The van der Waals surface area contributed by atoms with Gasteiger partial charge in [0.25, 0.3) is 0 Å². The van der Waals surface area contributed by atoms with Gasteiger partial charge in [0.05, 0.1) is 50.9 Å². The van der Waals surface area contributed by atoms with Crippen LogP contribution >= 0.6 is 11.6 Å². The minimum Gasteiger partial charge on any atom is -0.496 e. The van der Waals surface area contributed by atoms with Crippen LogP contribution in [-0.4, -0.2) is 89.4 Å². The van der Waals surface area contributed by atoms with Crippen molar-refractivity contribution >= 4 is 23.5 Å². The normalized spacial score (nSPS) is 12.2. The first-order valence-corrected chi connectivity index (χ1v) is 18.2. The highest BCUT2D eigenvalue weighted by molar-refractivity contribution is 6.32. The molecule has 2 unspecified atom stereocenters. The Kier molecular flexibility index (Phi) is 16.5. The van der Waals surface area contributed by atoms with Gasteiger partial charge < -0.3 is 33.9 Å². The molecular formula is C39H50ClN5O9. The van der Waals surface area contributed by atoms with Crippen molar-refractivity contribution in [1.29, 1.82) is 0 Å². The molecule has 0 aliphatic heterocycles. The number of benzene rings is 3. The Balaban J connectivity index is 1.35. The molecule has 0 bridgehead atoms. The summed E-state index contributed by atoms with van der Waals surface area (Å²) in [5.74, 6) is 0.701. The lowest BCUT2D eigenvalue weighted by Crippen LogP contribution is -2.40. The van der Waals surface area contributed by atoms with Gasteiger partial charge in [-0.05, 0) is 67.6 Å². The highest BCUT2D eigenvalue weighted by atomic mass is 35.5. The van der Waals surface area contributed by atoms with Crippen molar-refractivity contribution < 1.29 is 43.5 Å². The zero-order valence-corrected chi connectivity index (χ0v) is 32.1. The van der Waals surface area contributed by atoms with Gasteiger partial charge in [-0.15, -0.1) is 5.10 Å². The quantitative estimate of drug-likeness (QED) is 0.0659. The smallest absolute Gasteiger partial charge is 0.325 e. The highest BCUT2D eigenvalue weighted by Gasteiger charge is 2.21. The second-order valence-electron chi connectivity index (χ2n) is 12.3. The van der Waals surface area contributed by atoms with Crippen molar-refractivity contribution in [2.75, 3.05) is 40.1 Å². The maximum atomic E-state index is 12.1. The van der Waals surface area contributed by atoms with Gasteiger partial charge in [0.15, 0.2) is 0 Å². The zero-order chi connectivity index (χ0) is 39.0. The Bertz CT molecular complexity index is 1840. The average Bonchev–Trinajstić information content (AvgIpc) is 3.62. The largest absolute Gasteiger partial charge is 0.496 e. The molecule has 4 N–H and O–H groups in total. The summed E-state index contributed by atoms with van der Waals surface area (Å²) in [7, 11) is 1.54. The molecule has 15 heteroatoms. The second-order valence-corrected chi connectivity index (χ2v) is 12.7. The molecule has 292 valence electrons. The van der Waals surface area contributed by atoms with Crippen molar-refractivity contribution in [1.82, 2.24) is 25.6 Å². The van der Waals surface area contributed by atoms with Crippen LogP contribution in [0.1, 0.15) is 48.2 Å². The Hall–Kier alpha value is -4.73. The molecule has 1 aromatic heterocycles. The van der Waals surface area contributed by atoms with Crippen molar-refractivity contribution in [3.8, 4) is 28.4 Å². The molecule has 4 aromatic rings. The Morgan fingerprint density at radius 3 is 2.13 bits per heavy atom. The van der Waals surface area contributed by atoms with E-state index < -0.39 is 30.6 Å². The predicted octanol–water partition coefficient (Wildman–Crippen LogP) is 4.30. The predicted molar refractivity (Wildman–Crippen MR) is 203 cm³/mol. The summed E-state index contributed by atoms with van der Waals surface area (Å²) in [5.41, 5.74) is 6.48. The van der Waals surface area contributed by atoms with Gasteiger partial charge in [-0.2, -0.15) is 0 Å². The number of nitrogens with zero attached hydrogens (tertiary/aromatic N) is 3. The number of hydrogen-bond donors (Lipinski definition) is 4. The van der Waals surface area contributed by atoms with E-state index in [1.54, 1.807) is 36.9 Å². The number of halogens is 1. The number of carbonyl (C=O) groups is 2. The van der Waals surface area contributed by atoms with Gasteiger partial charge in [0, 0.05) is 43.9 Å². The average molecular weight is 768 g/mol.